The molecule has 0 radical (unpaired) electrons. The Kier molecular flexibility index (Phi) is 5.05. The maximum Gasteiger partial charge on any atom is 0.224 e. The van der Waals surface area contributed by atoms with Crippen molar-refractivity contribution in [2.45, 2.75) is 87.9 Å². The van der Waals surface area contributed by atoms with Crippen LogP contribution in [0.5, 0.6) is 11.5 Å². The Bertz CT molecular complexity index is 1120. The number of carbonyl (C=O) groups is 1. The molecule has 200 valence electrons. The molecule has 1 aromatic carbocycles. The van der Waals surface area contributed by atoms with Gasteiger partial charge in [0.25, 0.3) is 0 Å². The van der Waals surface area contributed by atoms with Crippen LogP contribution in [0, 0.1) is 11.3 Å². The van der Waals surface area contributed by atoms with E-state index in [1.54, 1.807) is 0 Å². The van der Waals surface area contributed by atoms with Gasteiger partial charge in [-0.15, -0.1) is 0 Å². The van der Waals surface area contributed by atoms with Gasteiger partial charge in [-0.1, -0.05) is 13.0 Å². The van der Waals surface area contributed by atoms with Gasteiger partial charge in [0, 0.05) is 54.5 Å². The third-order valence-corrected chi connectivity index (χ3v) is 11.7. The predicted molar refractivity (Wildman–Crippen MR) is 139 cm³/mol. The van der Waals surface area contributed by atoms with E-state index in [4.69, 9.17) is 9.47 Å². The van der Waals surface area contributed by atoms with Crippen molar-refractivity contribution >= 4 is 5.91 Å². The standard InChI is InChI=1S/C30H41N3O4/c1-2-31-13-14-36-18-21(31)16-25(35)33-12-9-29-8-7-22(33)28-30(29)10-11-32(17-19-3-4-19)24(29)15-20-5-6-23(34)27(37-28)26(20)30/h5-6,19,21-22,24,28,34H,2-4,7-18H2,1H3/t21-,22-,24-,28+,29-,30+/m1/s1. The number of ether oxygens (including phenoxy) is 2. The van der Waals surface area contributed by atoms with Gasteiger partial charge >= 0.3 is 0 Å². The molecular formula is C30H41N3O4. The average Bonchev–Trinajstić information content (AvgIpc) is 3.70. The molecule has 4 saturated heterocycles. The summed E-state index contributed by atoms with van der Waals surface area (Å²) in [5, 5.41) is 11.0. The van der Waals surface area contributed by atoms with Crippen molar-refractivity contribution < 1.29 is 19.4 Å². The maximum atomic E-state index is 14.0. The summed E-state index contributed by atoms with van der Waals surface area (Å²) in [6.45, 7) is 8.63. The van der Waals surface area contributed by atoms with Crippen molar-refractivity contribution in [3.8, 4) is 11.5 Å². The lowest BCUT2D eigenvalue weighted by molar-refractivity contribution is -0.146. The molecule has 0 aromatic heterocycles. The highest BCUT2D eigenvalue weighted by atomic mass is 16.5. The van der Waals surface area contributed by atoms with Crippen LogP contribution in [0.1, 0.15) is 63.0 Å². The summed E-state index contributed by atoms with van der Waals surface area (Å²) in [6, 6.07) is 4.77. The minimum Gasteiger partial charge on any atom is -0.504 e. The first-order valence-electron chi connectivity index (χ1n) is 14.9. The number of likely N-dealkylation sites (tertiary alicyclic amines) is 1. The Morgan fingerprint density at radius 2 is 2.00 bits per heavy atom. The topological polar surface area (TPSA) is 65.5 Å². The Labute approximate surface area is 220 Å². The van der Waals surface area contributed by atoms with E-state index in [-0.39, 0.29) is 40.7 Å². The van der Waals surface area contributed by atoms with Crippen LogP contribution in [0.15, 0.2) is 12.1 Å². The van der Waals surface area contributed by atoms with E-state index in [1.807, 2.05) is 6.07 Å². The normalized spacial score (nSPS) is 40.3. The first kappa shape index (κ1) is 23.1. The summed E-state index contributed by atoms with van der Waals surface area (Å²) >= 11 is 0. The Morgan fingerprint density at radius 1 is 1.11 bits per heavy atom. The molecule has 4 bridgehead atoms. The zero-order valence-electron chi connectivity index (χ0n) is 22.2. The number of aromatic hydroxyl groups is 1. The second-order valence-corrected chi connectivity index (χ2v) is 13.0. The van der Waals surface area contributed by atoms with Gasteiger partial charge in [-0.2, -0.15) is 0 Å². The third-order valence-electron chi connectivity index (χ3n) is 11.7. The fourth-order valence-corrected chi connectivity index (χ4v) is 9.91. The van der Waals surface area contributed by atoms with Crippen LogP contribution in [0.2, 0.25) is 0 Å². The van der Waals surface area contributed by atoms with E-state index >= 15 is 0 Å². The summed E-state index contributed by atoms with van der Waals surface area (Å²) in [5.41, 5.74) is 2.73. The SMILES string of the molecule is CCN1CCOC[C@H]1CC(=O)N1CC[C@@]23CC[C@@H]1[C@@H]1Oc4c(O)ccc5c4[C@@]12CCN(CC1CC1)[C@@H]3C5. The van der Waals surface area contributed by atoms with Crippen LogP contribution in [-0.4, -0.2) is 95.9 Å². The first-order valence-corrected chi connectivity index (χ1v) is 14.9. The maximum absolute atomic E-state index is 14.0. The Balaban J connectivity index is 1.19. The van der Waals surface area contributed by atoms with Crippen molar-refractivity contribution in [2.24, 2.45) is 11.3 Å². The number of piperidine rings is 1. The number of rotatable bonds is 5. The van der Waals surface area contributed by atoms with Gasteiger partial charge in [0.05, 0.1) is 19.3 Å². The number of likely N-dealkylation sites (N-methyl/N-ethyl adjacent to an activating group) is 1. The number of amides is 1. The van der Waals surface area contributed by atoms with Crippen molar-refractivity contribution in [3.63, 3.8) is 0 Å². The molecule has 0 unspecified atom stereocenters. The van der Waals surface area contributed by atoms with Crippen LogP contribution in [0.4, 0.5) is 0 Å². The van der Waals surface area contributed by atoms with Crippen molar-refractivity contribution in [2.75, 3.05) is 45.9 Å². The van der Waals surface area contributed by atoms with E-state index in [9.17, 15) is 9.90 Å². The van der Waals surface area contributed by atoms with Crippen molar-refractivity contribution in [1.82, 2.24) is 14.7 Å². The number of carbonyl (C=O) groups excluding carboxylic acids is 1. The molecule has 7 heteroatoms. The molecule has 37 heavy (non-hydrogen) atoms. The van der Waals surface area contributed by atoms with E-state index in [0.29, 0.717) is 19.1 Å². The van der Waals surface area contributed by atoms with E-state index in [2.05, 4.69) is 27.7 Å². The average molecular weight is 508 g/mol. The molecule has 5 aliphatic heterocycles. The number of nitrogens with zero attached hydrogens (tertiary/aromatic N) is 3. The first-order chi connectivity index (χ1) is 18.1. The molecule has 2 saturated carbocycles. The van der Waals surface area contributed by atoms with Crippen LogP contribution in [0.3, 0.4) is 0 Å². The minimum absolute atomic E-state index is 0.0505. The molecule has 5 heterocycles. The quantitative estimate of drug-likeness (QED) is 0.661. The summed E-state index contributed by atoms with van der Waals surface area (Å²) < 4.78 is 12.6. The zero-order valence-corrected chi connectivity index (χ0v) is 22.2. The van der Waals surface area contributed by atoms with Crippen LogP contribution in [-0.2, 0) is 21.4 Å². The van der Waals surface area contributed by atoms with Gasteiger partial charge in [0.1, 0.15) is 6.10 Å². The highest BCUT2D eigenvalue weighted by Crippen LogP contribution is 2.71. The van der Waals surface area contributed by atoms with Gasteiger partial charge in [0.2, 0.25) is 5.91 Å². The number of hydrogen-bond acceptors (Lipinski definition) is 6. The molecule has 6 fully saturated rings. The number of morpholine rings is 1. The third kappa shape index (κ3) is 3.02. The van der Waals surface area contributed by atoms with Crippen LogP contribution in [0.25, 0.3) is 0 Å². The molecular weight excluding hydrogens is 466 g/mol. The Morgan fingerprint density at radius 3 is 2.84 bits per heavy atom. The largest absolute Gasteiger partial charge is 0.504 e. The molecule has 1 N–H and O–H groups in total. The predicted octanol–water partition coefficient (Wildman–Crippen LogP) is 2.92. The van der Waals surface area contributed by atoms with Gasteiger partial charge < -0.3 is 19.5 Å². The lowest BCUT2D eigenvalue weighted by Gasteiger charge is -2.66. The molecule has 9 rings (SSSR count). The molecule has 6 atom stereocenters. The lowest BCUT2D eigenvalue weighted by Crippen LogP contribution is -2.72. The molecule has 7 nitrogen and oxygen atoms in total. The fourth-order valence-electron chi connectivity index (χ4n) is 9.91. The second-order valence-electron chi connectivity index (χ2n) is 13.0. The van der Waals surface area contributed by atoms with Crippen LogP contribution < -0.4 is 4.74 Å². The fraction of sp³-hybridized carbons (Fsp3) is 0.767. The van der Waals surface area contributed by atoms with Crippen molar-refractivity contribution in [1.29, 1.82) is 0 Å². The highest BCUT2D eigenvalue weighted by molar-refractivity contribution is 5.78. The van der Waals surface area contributed by atoms with Gasteiger partial charge in [-0.3, -0.25) is 14.6 Å². The Hall–Kier alpha value is -1.83. The molecule has 1 aromatic rings. The second kappa shape index (κ2) is 8.09. The van der Waals surface area contributed by atoms with E-state index < -0.39 is 0 Å². The monoisotopic (exact) mass is 507 g/mol. The number of hydrogen-bond donors (Lipinski definition) is 1. The summed E-state index contributed by atoms with van der Waals surface area (Å²) in [7, 11) is 0. The molecule has 2 spiro atoms. The molecule has 1 amide bonds. The van der Waals surface area contributed by atoms with Crippen LogP contribution >= 0.6 is 0 Å². The molecule has 3 aliphatic carbocycles. The lowest BCUT2D eigenvalue weighted by atomic mass is 9.42. The zero-order chi connectivity index (χ0) is 24.9. The van der Waals surface area contributed by atoms with Gasteiger partial charge in [0.15, 0.2) is 11.5 Å². The highest BCUT2D eigenvalue weighted by Gasteiger charge is 2.74. The van der Waals surface area contributed by atoms with Crippen molar-refractivity contribution in [3.05, 3.63) is 23.3 Å². The number of phenols is 1. The van der Waals surface area contributed by atoms with E-state index in [0.717, 1.165) is 76.6 Å². The molecule has 8 aliphatic rings. The van der Waals surface area contributed by atoms with E-state index in [1.165, 1.54) is 30.5 Å². The summed E-state index contributed by atoms with van der Waals surface area (Å²) in [6.07, 6.45) is 8.60. The minimum atomic E-state index is -0.0826. The summed E-state index contributed by atoms with van der Waals surface area (Å²) in [4.78, 5) is 21.5. The smallest absolute Gasteiger partial charge is 0.224 e. The number of benzene rings is 1. The number of fused-ring (bicyclic) bond motifs is 3. The van der Waals surface area contributed by atoms with Gasteiger partial charge in [-0.25, -0.2) is 0 Å². The van der Waals surface area contributed by atoms with Gasteiger partial charge in [-0.05, 0) is 75.6 Å². The summed E-state index contributed by atoms with van der Waals surface area (Å²) in [5.74, 6) is 2.15. The number of phenolic OH excluding ortho intramolecular Hbond substituents is 1.